The Bertz CT molecular complexity index is 407. The third-order valence-corrected chi connectivity index (χ3v) is 4.92. The van der Waals surface area contributed by atoms with Gasteiger partial charge in [0.2, 0.25) is 0 Å². The number of anilines is 1. The van der Waals surface area contributed by atoms with Gasteiger partial charge in [0.1, 0.15) is 0 Å². The molecule has 2 fully saturated rings. The Morgan fingerprint density at radius 3 is 2.72 bits per heavy atom. The molecule has 0 bridgehead atoms. The van der Waals surface area contributed by atoms with E-state index in [1.54, 1.807) is 0 Å². The second-order valence-corrected chi connectivity index (χ2v) is 6.29. The summed E-state index contributed by atoms with van der Waals surface area (Å²) in [5.74, 6) is 0. The molecule has 1 unspecified atom stereocenters. The number of para-hydroxylation sites is 1. The van der Waals surface area contributed by atoms with Crippen LogP contribution in [0.4, 0.5) is 5.69 Å². The molecule has 1 atom stereocenters. The van der Waals surface area contributed by atoms with Crippen molar-refractivity contribution >= 4 is 21.6 Å². The molecule has 0 amide bonds. The number of hydrogen-bond donors (Lipinski definition) is 0. The van der Waals surface area contributed by atoms with E-state index in [-0.39, 0.29) is 0 Å². The minimum atomic E-state index is 0.772. The van der Waals surface area contributed by atoms with E-state index in [1.807, 2.05) is 0 Å². The smallest absolute Gasteiger partial charge is 0.0511 e. The van der Waals surface area contributed by atoms with E-state index in [9.17, 15) is 0 Å². The van der Waals surface area contributed by atoms with Crippen LogP contribution < -0.4 is 4.90 Å². The summed E-state index contributed by atoms with van der Waals surface area (Å²) in [7, 11) is 0. The predicted octanol–water partition coefficient (Wildman–Crippen LogP) is 3.51. The molecule has 0 radical (unpaired) electrons. The Balaban J connectivity index is 1.79. The monoisotopic (exact) mass is 308 g/mol. The van der Waals surface area contributed by atoms with Crippen molar-refractivity contribution in [3.63, 3.8) is 0 Å². The molecular formula is C15H21BrN2. The molecule has 0 aliphatic carbocycles. The Morgan fingerprint density at radius 1 is 1.00 bits per heavy atom. The van der Waals surface area contributed by atoms with Gasteiger partial charge in [0, 0.05) is 30.1 Å². The van der Waals surface area contributed by atoms with Gasteiger partial charge in [-0.05, 0) is 53.9 Å². The van der Waals surface area contributed by atoms with E-state index in [1.165, 1.54) is 62.0 Å². The largest absolute Gasteiger partial charge is 0.369 e. The van der Waals surface area contributed by atoms with Gasteiger partial charge >= 0.3 is 0 Å². The molecule has 1 aromatic carbocycles. The standard InChI is InChI=1S/C15H21BrN2/c16-14-7-1-2-8-15(14)18-11-5-10-17-9-4-3-6-13(17)12-18/h1-2,7-8,13H,3-6,9-12H2. The van der Waals surface area contributed by atoms with E-state index in [0.29, 0.717) is 0 Å². The molecule has 0 spiro atoms. The number of fused-ring (bicyclic) bond motifs is 1. The summed E-state index contributed by atoms with van der Waals surface area (Å²) < 4.78 is 1.23. The predicted molar refractivity (Wildman–Crippen MR) is 80.2 cm³/mol. The van der Waals surface area contributed by atoms with Crippen LogP contribution in [0.2, 0.25) is 0 Å². The molecule has 2 aliphatic heterocycles. The Morgan fingerprint density at radius 2 is 1.83 bits per heavy atom. The molecule has 2 nitrogen and oxygen atoms in total. The minimum Gasteiger partial charge on any atom is -0.369 e. The minimum absolute atomic E-state index is 0.772. The van der Waals surface area contributed by atoms with Gasteiger partial charge in [-0.15, -0.1) is 0 Å². The molecule has 2 heterocycles. The van der Waals surface area contributed by atoms with E-state index in [4.69, 9.17) is 0 Å². The Kier molecular flexibility index (Phi) is 3.90. The van der Waals surface area contributed by atoms with Crippen LogP contribution in [0.1, 0.15) is 25.7 Å². The molecule has 0 N–H and O–H groups in total. The average Bonchev–Trinajstić information content (AvgIpc) is 2.61. The first-order chi connectivity index (χ1) is 8.84. The maximum atomic E-state index is 3.69. The summed E-state index contributed by atoms with van der Waals surface area (Å²) in [4.78, 5) is 5.28. The Labute approximate surface area is 118 Å². The molecule has 98 valence electrons. The quantitative estimate of drug-likeness (QED) is 0.783. The van der Waals surface area contributed by atoms with Crippen LogP contribution in [0.5, 0.6) is 0 Å². The highest BCUT2D eigenvalue weighted by Crippen LogP contribution is 2.29. The summed E-state index contributed by atoms with van der Waals surface area (Å²) in [5, 5.41) is 0. The van der Waals surface area contributed by atoms with Crippen molar-refractivity contribution in [1.29, 1.82) is 0 Å². The lowest BCUT2D eigenvalue weighted by Crippen LogP contribution is -2.44. The normalized spacial score (nSPS) is 25.6. The van der Waals surface area contributed by atoms with Crippen molar-refractivity contribution < 1.29 is 0 Å². The zero-order valence-electron chi connectivity index (χ0n) is 10.8. The summed E-state index contributed by atoms with van der Waals surface area (Å²) in [6.07, 6.45) is 5.47. The number of piperidine rings is 1. The third-order valence-electron chi connectivity index (χ3n) is 4.25. The van der Waals surface area contributed by atoms with Crippen LogP contribution in [0.3, 0.4) is 0 Å². The molecule has 2 saturated heterocycles. The van der Waals surface area contributed by atoms with Crippen LogP contribution >= 0.6 is 15.9 Å². The fourth-order valence-electron chi connectivity index (χ4n) is 3.30. The molecule has 2 aliphatic rings. The van der Waals surface area contributed by atoms with Crippen LogP contribution in [0.15, 0.2) is 28.7 Å². The molecular weight excluding hydrogens is 288 g/mol. The van der Waals surface area contributed by atoms with E-state index >= 15 is 0 Å². The van der Waals surface area contributed by atoms with Gasteiger partial charge in [0.15, 0.2) is 0 Å². The van der Waals surface area contributed by atoms with Crippen LogP contribution in [-0.2, 0) is 0 Å². The first-order valence-electron chi connectivity index (χ1n) is 7.08. The number of rotatable bonds is 1. The SMILES string of the molecule is Brc1ccccc1N1CCCN2CCCCC2C1. The first kappa shape index (κ1) is 12.5. The highest BCUT2D eigenvalue weighted by atomic mass is 79.9. The number of hydrogen-bond acceptors (Lipinski definition) is 2. The van der Waals surface area contributed by atoms with Crippen LogP contribution in [-0.4, -0.2) is 37.1 Å². The highest BCUT2D eigenvalue weighted by Gasteiger charge is 2.27. The van der Waals surface area contributed by atoms with E-state index in [2.05, 4.69) is 50.0 Å². The summed E-state index contributed by atoms with van der Waals surface area (Å²) >= 11 is 3.69. The van der Waals surface area contributed by atoms with Crippen molar-refractivity contribution in [2.45, 2.75) is 31.7 Å². The van der Waals surface area contributed by atoms with E-state index < -0.39 is 0 Å². The molecule has 0 aromatic heterocycles. The summed E-state index contributed by atoms with van der Waals surface area (Å²) in [5.41, 5.74) is 1.37. The first-order valence-corrected chi connectivity index (χ1v) is 7.87. The lowest BCUT2D eigenvalue weighted by Gasteiger charge is -2.36. The second kappa shape index (κ2) is 5.62. The van der Waals surface area contributed by atoms with Crippen molar-refractivity contribution in [1.82, 2.24) is 4.90 Å². The van der Waals surface area contributed by atoms with Crippen molar-refractivity contribution in [2.24, 2.45) is 0 Å². The lowest BCUT2D eigenvalue weighted by atomic mass is 10.0. The summed E-state index contributed by atoms with van der Waals surface area (Å²) in [6.45, 7) is 4.98. The summed E-state index contributed by atoms with van der Waals surface area (Å²) in [6, 6.07) is 9.40. The van der Waals surface area contributed by atoms with Crippen molar-refractivity contribution in [3.05, 3.63) is 28.7 Å². The zero-order chi connectivity index (χ0) is 12.4. The third kappa shape index (κ3) is 2.57. The maximum absolute atomic E-state index is 3.69. The fourth-order valence-corrected chi connectivity index (χ4v) is 3.83. The van der Waals surface area contributed by atoms with Gasteiger partial charge in [0.05, 0.1) is 5.69 Å². The van der Waals surface area contributed by atoms with Gasteiger partial charge in [-0.25, -0.2) is 0 Å². The number of benzene rings is 1. The lowest BCUT2D eigenvalue weighted by molar-refractivity contribution is 0.162. The van der Waals surface area contributed by atoms with Gasteiger partial charge in [-0.1, -0.05) is 18.6 Å². The van der Waals surface area contributed by atoms with Gasteiger partial charge < -0.3 is 4.90 Å². The van der Waals surface area contributed by atoms with Gasteiger partial charge in [-0.2, -0.15) is 0 Å². The molecule has 0 saturated carbocycles. The topological polar surface area (TPSA) is 6.48 Å². The van der Waals surface area contributed by atoms with Gasteiger partial charge in [-0.3, -0.25) is 4.90 Å². The van der Waals surface area contributed by atoms with E-state index in [0.717, 1.165) is 6.04 Å². The maximum Gasteiger partial charge on any atom is 0.0511 e. The van der Waals surface area contributed by atoms with Crippen LogP contribution in [0.25, 0.3) is 0 Å². The second-order valence-electron chi connectivity index (χ2n) is 5.44. The molecule has 1 aromatic rings. The number of halogens is 1. The van der Waals surface area contributed by atoms with Gasteiger partial charge in [0.25, 0.3) is 0 Å². The number of nitrogens with zero attached hydrogens (tertiary/aromatic N) is 2. The molecule has 18 heavy (non-hydrogen) atoms. The molecule has 3 heteroatoms. The highest BCUT2D eigenvalue weighted by molar-refractivity contribution is 9.10. The molecule has 3 rings (SSSR count). The Hall–Kier alpha value is -0.540. The average molecular weight is 309 g/mol. The van der Waals surface area contributed by atoms with Crippen molar-refractivity contribution in [3.8, 4) is 0 Å². The zero-order valence-corrected chi connectivity index (χ0v) is 12.4. The fraction of sp³-hybridized carbons (Fsp3) is 0.600. The van der Waals surface area contributed by atoms with Crippen molar-refractivity contribution in [2.75, 3.05) is 31.1 Å². The van der Waals surface area contributed by atoms with Crippen LogP contribution in [0, 0.1) is 0 Å².